The largest absolute Gasteiger partial charge is 0.457 e. The van der Waals surface area contributed by atoms with E-state index in [2.05, 4.69) is 31.4 Å². The number of fused-ring (bicyclic) bond motifs is 3. The third-order valence-electron chi connectivity index (χ3n) is 7.43. The van der Waals surface area contributed by atoms with Crippen LogP contribution in [0.1, 0.15) is 71.9 Å². The highest BCUT2D eigenvalue weighted by Crippen LogP contribution is 2.47. The van der Waals surface area contributed by atoms with Gasteiger partial charge < -0.3 is 15.1 Å². The molecule has 2 N–H and O–H groups in total. The molecule has 0 spiro atoms. The van der Waals surface area contributed by atoms with Gasteiger partial charge in [-0.25, -0.2) is 0 Å². The zero-order valence-electron chi connectivity index (χ0n) is 19.0. The highest BCUT2D eigenvalue weighted by Gasteiger charge is 2.37. The van der Waals surface area contributed by atoms with Gasteiger partial charge in [-0.2, -0.15) is 0 Å². The molecule has 0 saturated heterocycles. The van der Waals surface area contributed by atoms with Gasteiger partial charge in [0.15, 0.2) is 6.17 Å². The number of hydrogen-bond acceptors (Lipinski definition) is 4. The lowest BCUT2D eigenvalue weighted by atomic mass is 9.69. The van der Waals surface area contributed by atoms with Gasteiger partial charge in [0.2, 0.25) is 0 Å². The molecule has 1 aliphatic carbocycles. The minimum Gasteiger partial charge on any atom is -0.457 e. The summed E-state index contributed by atoms with van der Waals surface area (Å²) in [6.07, 6.45) is 3.98. The summed E-state index contributed by atoms with van der Waals surface area (Å²) in [6.45, 7) is 8.99. The molecule has 0 bridgehead atoms. The average Bonchev–Trinajstić information content (AvgIpc) is 3.40. The van der Waals surface area contributed by atoms with Crippen molar-refractivity contribution in [3.8, 4) is 11.3 Å². The van der Waals surface area contributed by atoms with E-state index >= 15 is 0 Å². The number of hydrogen-bond donors (Lipinski definition) is 2. The van der Waals surface area contributed by atoms with E-state index in [4.69, 9.17) is 16.0 Å². The van der Waals surface area contributed by atoms with E-state index in [0.717, 1.165) is 46.7 Å². The third kappa shape index (κ3) is 3.65. The van der Waals surface area contributed by atoms with Crippen molar-refractivity contribution in [2.75, 3.05) is 5.32 Å². The molecule has 2 atom stereocenters. The smallest absolute Gasteiger partial charge is 0.256 e. The second-order valence-corrected chi connectivity index (χ2v) is 11.2. The normalized spacial score (nSPS) is 20.3. The summed E-state index contributed by atoms with van der Waals surface area (Å²) in [4.78, 5) is 14.5. The molecule has 0 unspecified atom stereocenters. The number of furan rings is 1. The van der Waals surface area contributed by atoms with Crippen molar-refractivity contribution in [2.24, 2.45) is 11.3 Å². The Balaban J connectivity index is 1.40. The first kappa shape index (κ1) is 21.6. The molecule has 168 valence electrons. The summed E-state index contributed by atoms with van der Waals surface area (Å²) in [7, 11) is 0. The highest BCUT2D eigenvalue weighted by atomic mass is 35.5. The molecule has 3 aromatic rings. The van der Waals surface area contributed by atoms with Gasteiger partial charge in [-0.3, -0.25) is 4.79 Å². The zero-order valence-corrected chi connectivity index (χ0v) is 20.5. The molecule has 1 aromatic carbocycles. The number of carbonyl (C=O) groups is 1. The number of benzene rings is 1. The zero-order chi connectivity index (χ0) is 22.6. The lowest BCUT2D eigenvalue weighted by molar-refractivity contribution is 0.0930. The highest BCUT2D eigenvalue weighted by molar-refractivity contribution is 7.16. The summed E-state index contributed by atoms with van der Waals surface area (Å²) in [5.41, 5.74) is 4.36. The van der Waals surface area contributed by atoms with Crippen LogP contribution in [0, 0.1) is 18.3 Å². The van der Waals surface area contributed by atoms with Crippen LogP contribution in [-0.2, 0) is 12.8 Å². The SMILES string of the molecule is CCC(C)(C)[C@@H]1CCc2c(sc3c2C(=O)N[C@@H](c2ccc(-c4ccc(C)c(Cl)c4)o2)N3)C1. The molecule has 0 fully saturated rings. The van der Waals surface area contributed by atoms with Crippen LogP contribution >= 0.6 is 22.9 Å². The van der Waals surface area contributed by atoms with Gasteiger partial charge in [-0.05, 0) is 66.8 Å². The maximum absolute atomic E-state index is 13.1. The number of nitrogens with one attached hydrogen (secondary N) is 2. The second-order valence-electron chi connectivity index (χ2n) is 9.71. The Kier molecular flexibility index (Phi) is 5.37. The monoisotopic (exact) mass is 468 g/mol. The van der Waals surface area contributed by atoms with Crippen LogP contribution in [0.25, 0.3) is 11.3 Å². The van der Waals surface area contributed by atoms with Crippen LogP contribution in [0.5, 0.6) is 0 Å². The van der Waals surface area contributed by atoms with Gasteiger partial charge >= 0.3 is 0 Å². The van der Waals surface area contributed by atoms with E-state index < -0.39 is 0 Å². The van der Waals surface area contributed by atoms with Crippen LogP contribution in [0.3, 0.4) is 0 Å². The van der Waals surface area contributed by atoms with Crippen molar-refractivity contribution in [2.45, 2.75) is 59.5 Å². The van der Waals surface area contributed by atoms with Gasteiger partial charge in [0, 0.05) is 15.5 Å². The summed E-state index contributed by atoms with van der Waals surface area (Å²) < 4.78 is 6.11. The quantitative estimate of drug-likeness (QED) is 0.420. The molecular weight excluding hydrogens is 440 g/mol. The topological polar surface area (TPSA) is 54.3 Å². The Labute approximate surface area is 198 Å². The van der Waals surface area contributed by atoms with Crippen molar-refractivity contribution < 1.29 is 9.21 Å². The van der Waals surface area contributed by atoms with Gasteiger partial charge in [0.05, 0.1) is 5.56 Å². The number of anilines is 1. The van der Waals surface area contributed by atoms with Gasteiger partial charge in [-0.15, -0.1) is 11.3 Å². The van der Waals surface area contributed by atoms with Crippen LogP contribution in [0.4, 0.5) is 5.00 Å². The maximum atomic E-state index is 13.1. The van der Waals surface area contributed by atoms with Gasteiger partial charge in [0.25, 0.3) is 5.91 Å². The average molecular weight is 469 g/mol. The fourth-order valence-electron chi connectivity index (χ4n) is 4.81. The van der Waals surface area contributed by atoms with Crippen LogP contribution in [0.15, 0.2) is 34.7 Å². The summed E-state index contributed by atoms with van der Waals surface area (Å²) in [5.74, 6) is 2.07. The Morgan fingerprint density at radius 1 is 1.22 bits per heavy atom. The number of thiophene rings is 1. The maximum Gasteiger partial charge on any atom is 0.256 e. The first-order valence-corrected chi connectivity index (χ1v) is 12.5. The van der Waals surface area contributed by atoms with Crippen molar-refractivity contribution in [3.63, 3.8) is 0 Å². The Morgan fingerprint density at radius 2 is 2.03 bits per heavy atom. The van der Waals surface area contributed by atoms with E-state index in [-0.39, 0.29) is 12.1 Å². The predicted molar refractivity (Wildman–Crippen MR) is 132 cm³/mol. The lowest BCUT2D eigenvalue weighted by Crippen LogP contribution is -2.38. The molecule has 3 heterocycles. The molecule has 0 radical (unpaired) electrons. The molecule has 6 heteroatoms. The van der Waals surface area contributed by atoms with E-state index in [0.29, 0.717) is 22.1 Å². The van der Waals surface area contributed by atoms with Crippen LogP contribution < -0.4 is 10.6 Å². The Bertz CT molecular complexity index is 1190. The van der Waals surface area contributed by atoms with E-state index in [9.17, 15) is 4.79 Å². The fraction of sp³-hybridized carbons (Fsp3) is 0.423. The molecule has 5 rings (SSSR count). The van der Waals surface area contributed by atoms with Gasteiger partial charge in [-0.1, -0.05) is 50.9 Å². The van der Waals surface area contributed by atoms with Crippen molar-refractivity contribution in [3.05, 3.63) is 62.7 Å². The van der Waals surface area contributed by atoms with E-state index in [1.807, 2.05) is 37.3 Å². The van der Waals surface area contributed by atoms with Gasteiger partial charge in [0.1, 0.15) is 16.5 Å². The fourth-order valence-corrected chi connectivity index (χ4v) is 6.34. The lowest BCUT2D eigenvalue weighted by Gasteiger charge is -2.36. The molecule has 0 saturated carbocycles. The molecule has 4 nitrogen and oxygen atoms in total. The summed E-state index contributed by atoms with van der Waals surface area (Å²) in [6, 6.07) is 9.73. The standard InChI is InChI=1S/C26H29ClN2O2S/c1-5-26(3,4)16-8-9-17-21(13-16)32-25-22(17)24(30)28-23(29-25)20-11-10-19(31-20)15-7-6-14(2)18(27)12-15/h6-7,10-12,16,23,29H,5,8-9,13H2,1-4H3,(H,28,30)/t16-,23-/m1/s1. The Morgan fingerprint density at radius 3 is 2.78 bits per heavy atom. The summed E-state index contributed by atoms with van der Waals surface area (Å²) in [5, 5.41) is 8.30. The van der Waals surface area contributed by atoms with E-state index in [1.165, 1.54) is 16.9 Å². The first-order valence-electron chi connectivity index (χ1n) is 11.3. The van der Waals surface area contributed by atoms with E-state index in [1.54, 1.807) is 11.3 Å². The number of carbonyl (C=O) groups excluding carboxylic acids is 1. The number of aryl methyl sites for hydroxylation is 1. The number of halogens is 1. The van der Waals surface area contributed by atoms with Crippen molar-refractivity contribution >= 4 is 33.8 Å². The molecule has 1 aliphatic heterocycles. The predicted octanol–water partition coefficient (Wildman–Crippen LogP) is 7.37. The minimum atomic E-state index is -0.382. The Hall–Kier alpha value is -2.24. The molecular formula is C26H29ClN2O2S. The van der Waals surface area contributed by atoms with Crippen molar-refractivity contribution in [1.29, 1.82) is 0 Å². The molecule has 2 aliphatic rings. The third-order valence-corrected chi connectivity index (χ3v) is 9.02. The number of rotatable bonds is 4. The molecule has 2 aromatic heterocycles. The number of amides is 1. The van der Waals surface area contributed by atoms with Crippen molar-refractivity contribution in [1.82, 2.24) is 5.32 Å². The molecule has 32 heavy (non-hydrogen) atoms. The molecule has 1 amide bonds. The van der Waals surface area contributed by atoms with Crippen LogP contribution in [-0.4, -0.2) is 5.91 Å². The van der Waals surface area contributed by atoms with Crippen LogP contribution in [0.2, 0.25) is 5.02 Å². The minimum absolute atomic E-state index is 0.00854. The second kappa shape index (κ2) is 7.96. The summed E-state index contributed by atoms with van der Waals surface area (Å²) >= 11 is 8.03. The first-order chi connectivity index (χ1) is 15.3.